The van der Waals surface area contributed by atoms with E-state index >= 15 is 0 Å². The number of nitrogens with one attached hydrogen (secondary N) is 1. The Hall–Kier alpha value is -0.733. The molecular formula is C14H29N3O3Si. The third-order valence-electron chi connectivity index (χ3n) is 3.09. The Balaban J connectivity index is 2.40. The van der Waals surface area contributed by atoms with Crippen LogP contribution in [0.25, 0.3) is 0 Å². The molecule has 1 N–H and O–H groups in total. The average Bonchev–Trinajstić information content (AvgIpc) is 2.92. The van der Waals surface area contributed by atoms with E-state index in [0.29, 0.717) is 19.8 Å². The van der Waals surface area contributed by atoms with Gasteiger partial charge in [0, 0.05) is 38.3 Å². The lowest BCUT2D eigenvalue weighted by atomic mass is 10.4. The molecule has 7 heteroatoms. The van der Waals surface area contributed by atoms with Crippen molar-refractivity contribution >= 4 is 8.80 Å². The highest BCUT2D eigenvalue weighted by atomic mass is 28.4. The first-order valence-electron chi connectivity index (χ1n) is 7.74. The topological polar surface area (TPSA) is 59.6 Å². The lowest BCUT2D eigenvalue weighted by Crippen LogP contribution is -2.46. The van der Waals surface area contributed by atoms with E-state index in [0.717, 1.165) is 31.4 Å². The molecule has 1 heterocycles. The first-order valence-corrected chi connectivity index (χ1v) is 9.67. The van der Waals surface area contributed by atoms with Gasteiger partial charge in [-0.15, -0.1) is 0 Å². The summed E-state index contributed by atoms with van der Waals surface area (Å²) in [7, 11) is -0.400. The Labute approximate surface area is 129 Å². The van der Waals surface area contributed by atoms with Crippen LogP contribution in [0, 0.1) is 0 Å². The van der Waals surface area contributed by atoms with Crippen LogP contribution in [-0.4, -0.2) is 57.1 Å². The minimum atomic E-state index is -2.49. The molecule has 0 spiro atoms. The van der Waals surface area contributed by atoms with Crippen molar-refractivity contribution in [1.29, 1.82) is 0 Å². The summed E-state index contributed by atoms with van der Waals surface area (Å²) in [6, 6.07) is 0.852. The van der Waals surface area contributed by atoms with Gasteiger partial charge in [-0.3, -0.25) is 4.90 Å². The zero-order chi connectivity index (χ0) is 15.6. The molecule has 0 aromatic carbocycles. The SMILES string of the molecule is CCO[Si](CCCN(C)Cc1ncc[nH]1)(OCC)OCC. The van der Waals surface area contributed by atoms with E-state index in [1.165, 1.54) is 0 Å². The molecule has 122 valence electrons. The van der Waals surface area contributed by atoms with Crippen LogP contribution in [0.4, 0.5) is 0 Å². The van der Waals surface area contributed by atoms with Crippen LogP contribution in [-0.2, 0) is 19.8 Å². The fourth-order valence-corrected chi connectivity index (χ4v) is 4.88. The van der Waals surface area contributed by atoms with Crippen molar-refractivity contribution in [1.82, 2.24) is 14.9 Å². The molecule has 0 aliphatic heterocycles. The normalized spacial score (nSPS) is 12.2. The largest absolute Gasteiger partial charge is 0.500 e. The molecule has 21 heavy (non-hydrogen) atoms. The molecule has 0 aliphatic rings. The molecule has 0 aliphatic carbocycles. The van der Waals surface area contributed by atoms with Crippen molar-refractivity contribution in [2.24, 2.45) is 0 Å². The minimum Gasteiger partial charge on any atom is -0.374 e. The molecule has 0 radical (unpaired) electrons. The van der Waals surface area contributed by atoms with Crippen molar-refractivity contribution < 1.29 is 13.3 Å². The fourth-order valence-electron chi connectivity index (χ4n) is 2.29. The summed E-state index contributed by atoms with van der Waals surface area (Å²) in [5, 5.41) is 0. The standard InChI is InChI=1S/C14H29N3O3Si/c1-5-18-21(19-6-2,20-7-3)12-8-11-17(4)13-14-15-9-10-16-14/h9-10H,5-8,11-13H2,1-4H3,(H,15,16). The Morgan fingerprint density at radius 2 is 1.76 bits per heavy atom. The third-order valence-corrected chi connectivity index (χ3v) is 6.24. The van der Waals surface area contributed by atoms with Gasteiger partial charge in [-0.1, -0.05) is 0 Å². The fraction of sp³-hybridized carbons (Fsp3) is 0.786. The Bertz CT molecular complexity index is 345. The third kappa shape index (κ3) is 6.71. The van der Waals surface area contributed by atoms with Gasteiger partial charge in [0.25, 0.3) is 0 Å². The summed E-state index contributed by atoms with van der Waals surface area (Å²) in [4.78, 5) is 9.59. The van der Waals surface area contributed by atoms with Crippen molar-refractivity contribution in [3.8, 4) is 0 Å². The molecule has 6 nitrogen and oxygen atoms in total. The lowest BCUT2D eigenvalue weighted by Gasteiger charge is -2.29. The lowest BCUT2D eigenvalue weighted by molar-refractivity contribution is 0.0701. The van der Waals surface area contributed by atoms with E-state index in [9.17, 15) is 0 Å². The number of hydrogen-bond acceptors (Lipinski definition) is 5. The van der Waals surface area contributed by atoms with Gasteiger partial charge in [-0.2, -0.15) is 0 Å². The van der Waals surface area contributed by atoms with Crippen LogP contribution in [0.2, 0.25) is 6.04 Å². The molecule has 0 saturated carbocycles. The summed E-state index contributed by atoms with van der Waals surface area (Å²) in [6.07, 6.45) is 4.62. The predicted molar refractivity (Wildman–Crippen MR) is 85.0 cm³/mol. The number of aromatic amines is 1. The molecule has 1 rings (SSSR count). The van der Waals surface area contributed by atoms with Crippen LogP contribution in [0.1, 0.15) is 33.0 Å². The molecule has 0 bridgehead atoms. The van der Waals surface area contributed by atoms with Crippen LogP contribution >= 0.6 is 0 Å². The maximum atomic E-state index is 5.86. The average molecular weight is 315 g/mol. The Morgan fingerprint density at radius 1 is 1.14 bits per heavy atom. The number of imidazole rings is 1. The van der Waals surface area contributed by atoms with Crippen LogP contribution in [0.5, 0.6) is 0 Å². The highest BCUT2D eigenvalue weighted by Crippen LogP contribution is 2.18. The van der Waals surface area contributed by atoms with Crippen molar-refractivity contribution in [3.05, 3.63) is 18.2 Å². The number of H-pyrrole nitrogens is 1. The van der Waals surface area contributed by atoms with Gasteiger partial charge in [0.1, 0.15) is 5.82 Å². The molecule has 0 fully saturated rings. The summed E-state index contributed by atoms with van der Waals surface area (Å²) in [6.45, 7) is 9.65. The summed E-state index contributed by atoms with van der Waals surface area (Å²) >= 11 is 0. The zero-order valence-electron chi connectivity index (χ0n) is 13.7. The van der Waals surface area contributed by atoms with E-state index in [2.05, 4.69) is 21.9 Å². The van der Waals surface area contributed by atoms with Crippen molar-refractivity contribution in [3.63, 3.8) is 0 Å². The smallest absolute Gasteiger partial charge is 0.374 e. The molecule has 1 aromatic heterocycles. The van der Waals surface area contributed by atoms with Gasteiger partial charge in [-0.05, 0) is 40.8 Å². The van der Waals surface area contributed by atoms with Gasteiger partial charge in [0.15, 0.2) is 0 Å². The van der Waals surface area contributed by atoms with Crippen LogP contribution < -0.4 is 0 Å². The summed E-state index contributed by atoms with van der Waals surface area (Å²) < 4.78 is 17.6. The maximum Gasteiger partial charge on any atom is 0.500 e. The Kier molecular flexibility index (Phi) is 8.78. The highest BCUT2D eigenvalue weighted by molar-refractivity contribution is 6.60. The molecule has 0 unspecified atom stereocenters. The van der Waals surface area contributed by atoms with E-state index in [1.54, 1.807) is 6.20 Å². The van der Waals surface area contributed by atoms with Gasteiger partial charge < -0.3 is 18.3 Å². The van der Waals surface area contributed by atoms with Gasteiger partial charge in [0.05, 0.1) is 6.54 Å². The van der Waals surface area contributed by atoms with E-state index in [-0.39, 0.29) is 0 Å². The van der Waals surface area contributed by atoms with E-state index in [4.69, 9.17) is 13.3 Å². The van der Waals surface area contributed by atoms with Gasteiger partial charge in [0.2, 0.25) is 0 Å². The monoisotopic (exact) mass is 315 g/mol. The summed E-state index contributed by atoms with van der Waals surface area (Å²) in [5.41, 5.74) is 0. The zero-order valence-corrected chi connectivity index (χ0v) is 14.7. The minimum absolute atomic E-state index is 0.633. The Morgan fingerprint density at radius 3 is 2.24 bits per heavy atom. The molecule has 0 amide bonds. The second-order valence-corrected chi connectivity index (χ2v) is 7.59. The van der Waals surface area contributed by atoms with E-state index < -0.39 is 8.80 Å². The molecule has 1 aromatic rings. The maximum absolute atomic E-state index is 5.86. The number of aromatic nitrogens is 2. The first-order chi connectivity index (χ1) is 10.2. The van der Waals surface area contributed by atoms with Gasteiger partial charge in [-0.25, -0.2) is 4.98 Å². The number of rotatable bonds is 12. The molecule has 0 saturated heterocycles. The van der Waals surface area contributed by atoms with Crippen LogP contribution in [0.3, 0.4) is 0 Å². The summed E-state index contributed by atoms with van der Waals surface area (Å²) in [5.74, 6) is 0.987. The molecular weight excluding hydrogens is 286 g/mol. The van der Waals surface area contributed by atoms with Gasteiger partial charge >= 0.3 is 8.80 Å². The second-order valence-electron chi connectivity index (χ2n) is 4.86. The molecule has 0 atom stereocenters. The van der Waals surface area contributed by atoms with E-state index in [1.807, 2.05) is 27.0 Å². The first kappa shape index (κ1) is 18.3. The quantitative estimate of drug-likeness (QED) is 0.600. The van der Waals surface area contributed by atoms with Crippen molar-refractivity contribution in [2.75, 3.05) is 33.4 Å². The second kappa shape index (κ2) is 10.1. The van der Waals surface area contributed by atoms with Crippen molar-refractivity contribution in [2.45, 2.75) is 39.8 Å². The number of hydrogen-bond donors (Lipinski definition) is 1. The highest BCUT2D eigenvalue weighted by Gasteiger charge is 2.39. The number of nitrogens with zero attached hydrogens (tertiary/aromatic N) is 2. The predicted octanol–water partition coefficient (Wildman–Crippen LogP) is 2.28. The van der Waals surface area contributed by atoms with Crippen LogP contribution in [0.15, 0.2) is 12.4 Å².